The standard InChI is InChI=1S/C17H26N4O3.C15H21N3O3.2CH3/c1-21(2,3)16-5-4-14(12-15(16)13-19)17(22)20-7-9-24-11-10-23-8-6-18;1-18(2,3)14-5-4-12(10-13(14)11-16)15(20)17-6-8-21-9-7-19;;/h4-5,12H,6-11,18H2,1-3H3;4-5,10,19H,6-9H2,1-3H3;2*1H3/q;;2*-1/p+2. The molecule has 0 heterocycles. The van der Waals surface area contributed by atoms with E-state index in [0.717, 1.165) is 11.4 Å². The van der Waals surface area contributed by atoms with Gasteiger partial charge < -0.3 is 50.5 Å². The number of hydrogen-bond acceptors (Lipinski definition) is 9. The van der Waals surface area contributed by atoms with Gasteiger partial charge in [0, 0.05) is 42.9 Å². The molecule has 0 spiro atoms. The molecule has 0 aromatic heterocycles. The number of hydrogen-bond donors (Lipinski definition) is 4. The molecular weight excluding hydrogens is 602 g/mol. The van der Waals surface area contributed by atoms with Gasteiger partial charge in [-0.1, -0.05) is 0 Å². The summed E-state index contributed by atoms with van der Waals surface area (Å²) in [5.41, 5.74) is 8.94. The van der Waals surface area contributed by atoms with Crippen LogP contribution in [0.25, 0.3) is 0 Å². The predicted octanol–water partition coefficient (Wildman–Crippen LogP) is 1.87. The third kappa shape index (κ3) is 17.0. The fourth-order valence-electron chi connectivity index (χ4n) is 3.95. The number of carbonyl (C=O) groups excluding carboxylic acids is 2. The Morgan fingerprint density at radius 2 is 1.09 bits per heavy atom. The lowest BCUT2D eigenvalue weighted by atomic mass is 10.1. The van der Waals surface area contributed by atoms with E-state index in [4.69, 9.17) is 25.1 Å². The van der Waals surface area contributed by atoms with E-state index in [1.165, 1.54) is 0 Å². The molecule has 0 radical (unpaired) electrons. The van der Waals surface area contributed by atoms with Gasteiger partial charge in [-0.15, -0.1) is 0 Å². The molecule has 13 nitrogen and oxygen atoms in total. The van der Waals surface area contributed by atoms with Crippen LogP contribution in [0, 0.1) is 37.5 Å². The summed E-state index contributed by atoms with van der Waals surface area (Å²) in [7, 11) is 11.8. The first kappa shape index (κ1) is 45.2. The zero-order valence-electron chi connectivity index (χ0n) is 29.4. The molecule has 262 valence electrons. The van der Waals surface area contributed by atoms with Crippen molar-refractivity contribution >= 4 is 23.2 Å². The van der Waals surface area contributed by atoms with Crippen molar-refractivity contribution in [3.8, 4) is 12.1 Å². The van der Waals surface area contributed by atoms with Gasteiger partial charge >= 0.3 is 0 Å². The maximum atomic E-state index is 12.1. The fourth-order valence-corrected chi connectivity index (χ4v) is 3.95. The van der Waals surface area contributed by atoms with Crippen LogP contribution in [0.2, 0.25) is 0 Å². The van der Waals surface area contributed by atoms with E-state index in [1.807, 2.05) is 48.4 Å². The van der Waals surface area contributed by atoms with Gasteiger partial charge in [0.05, 0.1) is 88.5 Å². The second-order valence-corrected chi connectivity index (χ2v) is 11.6. The average molecular weight is 658 g/mol. The molecule has 2 aromatic carbocycles. The third-order valence-corrected chi connectivity index (χ3v) is 6.14. The number of nitrogens with two attached hydrogens (primary N) is 1. The molecule has 0 aliphatic carbocycles. The summed E-state index contributed by atoms with van der Waals surface area (Å²) >= 11 is 0. The van der Waals surface area contributed by atoms with E-state index in [-0.39, 0.29) is 39.9 Å². The Bertz CT molecular complexity index is 1310. The number of aliphatic hydroxyl groups excluding tert-OH is 1. The summed E-state index contributed by atoms with van der Waals surface area (Å²) in [5, 5.41) is 32.6. The van der Waals surface area contributed by atoms with Gasteiger partial charge in [-0.2, -0.15) is 10.5 Å². The minimum absolute atomic E-state index is 0. The molecular formula is C34H55N7O6. The molecule has 0 bridgehead atoms. The lowest BCUT2D eigenvalue weighted by Crippen LogP contribution is -2.35. The van der Waals surface area contributed by atoms with E-state index in [9.17, 15) is 20.1 Å². The highest BCUT2D eigenvalue weighted by Gasteiger charge is 2.20. The average Bonchev–Trinajstić information content (AvgIpc) is 3.00. The maximum Gasteiger partial charge on any atom is 0.251 e. The summed E-state index contributed by atoms with van der Waals surface area (Å²) in [5.74, 6) is -0.463. The quantitative estimate of drug-likeness (QED) is 0.112. The summed E-state index contributed by atoms with van der Waals surface area (Å²) in [6.07, 6.45) is 0. The molecule has 2 aromatic rings. The van der Waals surface area contributed by atoms with Crippen LogP contribution in [-0.4, -0.2) is 125 Å². The van der Waals surface area contributed by atoms with Crippen LogP contribution in [0.4, 0.5) is 11.4 Å². The first-order valence-corrected chi connectivity index (χ1v) is 14.6. The molecule has 47 heavy (non-hydrogen) atoms. The van der Waals surface area contributed by atoms with Crippen LogP contribution in [0.3, 0.4) is 0 Å². The van der Waals surface area contributed by atoms with Crippen LogP contribution >= 0.6 is 0 Å². The second-order valence-electron chi connectivity index (χ2n) is 11.6. The van der Waals surface area contributed by atoms with Gasteiger partial charge in [0.2, 0.25) is 0 Å². The highest BCUT2D eigenvalue weighted by atomic mass is 16.5. The number of nitrogens with one attached hydrogen (secondary N) is 2. The first-order chi connectivity index (χ1) is 21.3. The Kier molecular flexibility index (Phi) is 22.5. The van der Waals surface area contributed by atoms with Crippen LogP contribution in [0.15, 0.2) is 36.4 Å². The zero-order chi connectivity index (χ0) is 33.9. The maximum absolute atomic E-state index is 12.1. The molecule has 0 saturated heterocycles. The van der Waals surface area contributed by atoms with E-state index in [1.54, 1.807) is 30.3 Å². The minimum atomic E-state index is -0.243. The minimum Gasteiger partial charge on any atom is -0.394 e. The molecule has 0 aliphatic heterocycles. The molecule has 0 aliphatic rings. The smallest absolute Gasteiger partial charge is 0.251 e. The molecule has 5 N–H and O–H groups in total. The molecule has 2 amide bonds. The summed E-state index contributed by atoms with van der Waals surface area (Å²) in [4.78, 5) is 24.1. The number of ether oxygens (including phenoxy) is 3. The van der Waals surface area contributed by atoms with Crippen LogP contribution in [0.1, 0.15) is 31.8 Å². The number of aliphatic hydroxyl groups is 1. The lowest BCUT2D eigenvalue weighted by molar-refractivity contribution is 0.0511. The Labute approximate surface area is 281 Å². The number of quaternary nitrogens is 2. The Morgan fingerprint density at radius 1 is 0.702 bits per heavy atom. The Morgan fingerprint density at radius 3 is 1.43 bits per heavy atom. The topological polar surface area (TPSA) is 180 Å². The largest absolute Gasteiger partial charge is 0.394 e. The van der Waals surface area contributed by atoms with Crippen molar-refractivity contribution in [1.29, 1.82) is 10.5 Å². The van der Waals surface area contributed by atoms with Gasteiger partial charge in [0.25, 0.3) is 11.8 Å². The zero-order valence-corrected chi connectivity index (χ0v) is 29.4. The van der Waals surface area contributed by atoms with Crippen molar-refractivity contribution in [2.75, 3.05) is 108 Å². The number of amides is 2. The molecule has 0 atom stereocenters. The molecule has 13 heteroatoms. The molecule has 0 unspecified atom stereocenters. The number of benzene rings is 2. The van der Waals surface area contributed by atoms with Crippen LogP contribution < -0.4 is 25.3 Å². The van der Waals surface area contributed by atoms with Crippen LogP contribution in [-0.2, 0) is 14.2 Å². The summed E-state index contributed by atoms with van der Waals surface area (Å²) < 4.78 is 16.6. The number of nitriles is 2. The van der Waals surface area contributed by atoms with Gasteiger partial charge in [0.1, 0.15) is 34.6 Å². The number of rotatable bonds is 17. The second kappa shape index (κ2) is 23.4. The van der Waals surface area contributed by atoms with E-state index < -0.39 is 0 Å². The van der Waals surface area contributed by atoms with E-state index in [2.05, 4.69) is 22.8 Å². The first-order valence-electron chi connectivity index (χ1n) is 14.6. The van der Waals surface area contributed by atoms with Crippen molar-refractivity contribution in [3.63, 3.8) is 0 Å². The fraction of sp³-hybridized carbons (Fsp3) is 0.471. The highest BCUT2D eigenvalue weighted by Crippen LogP contribution is 2.24. The van der Waals surface area contributed by atoms with Gasteiger partial charge in [-0.05, 0) is 24.3 Å². The Balaban J connectivity index is 0. The molecule has 2 rings (SSSR count). The van der Waals surface area contributed by atoms with Gasteiger partial charge in [-0.25, -0.2) is 0 Å². The summed E-state index contributed by atoms with van der Waals surface area (Å²) in [6.45, 7) is 3.69. The monoisotopic (exact) mass is 657 g/mol. The van der Waals surface area contributed by atoms with Crippen molar-refractivity contribution in [3.05, 3.63) is 73.5 Å². The lowest BCUT2D eigenvalue weighted by Gasteiger charge is -2.24. The number of nitrogens with zero attached hydrogens (tertiary/aromatic N) is 4. The predicted molar refractivity (Wildman–Crippen MR) is 188 cm³/mol. The normalized spacial score (nSPS) is 10.6. The van der Waals surface area contributed by atoms with Crippen molar-refractivity contribution < 1.29 is 28.9 Å². The Hall–Kier alpha value is -3.92. The van der Waals surface area contributed by atoms with Crippen LogP contribution in [0.5, 0.6) is 0 Å². The highest BCUT2D eigenvalue weighted by molar-refractivity contribution is 5.95. The molecule has 0 fully saturated rings. The van der Waals surface area contributed by atoms with Crippen molar-refractivity contribution in [2.45, 2.75) is 0 Å². The number of carbonyl (C=O) groups is 2. The van der Waals surface area contributed by atoms with Crippen molar-refractivity contribution in [2.24, 2.45) is 5.73 Å². The van der Waals surface area contributed by atoms with E-state index >= 15 is 0 Å². The van der Waals surface area contributed by atoms with Crippen molar-refractivity contribution in [1.82, 2.24) is 19.6 Å². The van der Waals surface area contributed by atoms with Gasteiger partial charge in [0.15, 0.2) is 0 Å². The van der Waals surface area contributed by atoms with Gasteiger partial charge in [-0.3, -0.25) is 18.6 Å². The van der Waals surface area contributed by atoms with E-state index in [0.29, 0.717) is 83.9 Å². The SMILES string of the molecule is C[N+](C)(C)c1ccc(C(=O)NCCOCCO)cc1C#N.C[N+](C)(C)c1ccc(C(=O)NCCOCCOCCN)cc1C#N.[CH3-].[CH3-]. The molecule has 0 saturated carbocycles. The third-order valence-electron chi connectivity index (χ3n) is 6.14. The summed E-state index contributed by atoms with van der Waals surface area (Å²) in [6, 6.07) is 14.6.